The first-order chi connectivity index (χ1) is 10.3. The Bertz CT molecular complexity index is 586. The third kappa shape index (κ3) is 3.40. The molecule has 1 aliphatic heterocycles. The van der Waals surface area contributed by atoms with Crippen LogP contribution in [0.15, 0.2) is 51.7 Å². The van der Waals surface area contributed by atoms with E-state index in [0.29, 0.717) is 12.6 Å². The molecule has 1 aliphatic rings. The van der Waals surface area contributed by atoms with Crippen LogP contribution in [0.1, 0.15) is 12.8 Å². The second-order valence-electron chi connectivity index (χ2n) is 5.07. The first kappa shape index (κ1) is 14.9. The molecule has 0 aliphatic carbocycles. The smallest absolute Gasteiger partial charge is 0.119 e. The Labute approximate surface area is 141 Å². The maximum atomic E-state index is 5.93. The molecule has 0 spiro atoms. The molecule has 1 aromatic carbocycles. The molecule has 0 unspecified atom stereocenters. The zero-order valence-electron chi connectivity index (χ0n) is 11.5. The molecule has 0 amide bonds. The predicted molar refractivity (Wildman–Crippen MR) is 91.9 cm³/mol. The van der Waals surface area contributed by atoms with Crippen LogP contribution in [0.25, 0.3) is 0 Å². The number of anilines is 1. The van der Waals surface area contributed by atoms with E-state index in [0.717, 1.165) is 27.7 Å². The summed E-state index contributed by atoms with van der Waals surface area (Å²) >= 11 is 7.21. The standard InChI is InChI=1S/C16H16Br2N2O/c17-14-9-19-10-15(18)16(14)20-8-4-5-12(20)11-21-13-6-2-1-3-7-13/h1-3,6-7,9-10,12H,4-5,8,11H2/t12-/m0/s1. The molecule has 0 N–H and O–H groups in total. The second kappa shape index (κ2) is 6.79. The van der Waals surface area contributed by atoms with E-state index in [1.54, 1.807) is 0 Å². The predicted octanol–water partition coefficient (Wildman–Crippen LogP) is 4.65. The maximum Gasteiger partial charge on any atom is 0.119 e. The van der Waals surface area contributed by atoms with Crippen LogP contribution in [0.2, 0.25) is 0 Å². The van der Waals surface area contributed by atoms with Crippen molar-refractivity contribution in [2.24, 2.45) is 0 Å². The van der Waals surface area contributed by atoms with Crippen molar-refractivity contribution >= 4 is 37.5 Å². The lowest BCUT2D eigenvalue weighted by atomic mass is 10.2. The van der Waals surface area contributed by atoms with Gasteiger partial charge in [0, 0.05) is 18.9 Å². The van der Waals surface area contributed by atoms with Crippen molar-refractivity contribution in [3.63, 3.8) is 0 Å². The molecule has 1 fully saturated rings. The molecule has 5 heteroatoms. The van der Waals surface area contributed by atoms with Gasteiger partial charge in [-0.3, -0.25) is 4.98 Å². The third-order valence-corrected chi connectivity index (χ3v) is 4.84. The fourth-order valence-corrected chi connectivity index (χ4v) is 4.08. The highest BCUT2D eigenvalue weighted by atomic mass is 79.9. The zero-order valence-corrected chi connectivity index (χ0v) is 14.7. The molecule has 1 atom stereocenters. The van der Waals surface area contributed by atoms with Crippen LogP contribution in [0.5, 0.6) is 5.75 Å². The van der Waals surface area contributed by atoms with Gasteiger partial charge in [0.25, 0.3) is 0 Å². The largest absolute Gasteiger partial charge is 0.491 e. The summed E-state index contributed by atoms with van der Waals surface area (Å²) in [7, 11) is 0. The van der Waals surface area contributed by atoms with E-state index in [9.17, 15) is 0 Å². The number of rotatable bonds is 4. The summed E-state index contributed by atoms with van der Waals surface area (Å²) in [5, 5.41) is 0. The lowest BCUT2D eigenvalue weighted by Gasteiger charge is -2.28. The molecular weight excluding hydrogens is 396 g/mol. The molecule has 3 rings (SSSR count). The lowest BCUT2D eigenvalue weighted by Crippen LogP contribution is -2.34. The highest BCUT2D eigenvalue weighted by Gasteiger charge is 2.28. The van der Waals surface area contributed by atoms with Crippen molar-refractivity contribution < 1.29 is 4.74 Å². The molecule has 0 saturated carbocycles. The number of halogens is 2. The van der Waals surface area contributed by atoms with Gasteiger partial charge in [-0.2, -0.15) is 0 Å². The Morgan fingerprint density at radius 1 is 1.14 bits per heavy atom. The van der Waals surface area contributed by atoms with E-state index < -0.39 is 0 Å². The molecule has 2 heterocycles. The van der Waals surface area contributed by atoms with Crippen molar-refractivity contribution in [1.82, 2.24) is 4.98 Å². The fourth-order valence-electron chi connectivity index (χ4n) is 2.69. The number of aromatic nitrogens is 1. The van der Waals surface area contributed by atoms with Gasteiger partial charge in [-0.1, -0.05) is 18.2 Å². The highest BCUT2D eigenvalue weighted by Crippen LogP contribution is 2.37. The number of hydrogen-bond acceptors (Lipinski definition) is 3. The van der Waals surface area contributed by atoms with Gasteiger partial charge in [-0.15, -0.1) is 0 Å². The first-order valence-electron chi connectivity index (χ1n) is 6.99. The first-order valence-corrected chi connectivity index (χ1v) is 8.58. The third-order valence-electron chi connectivity index (χ3n) is 3.68. The van der Waals surface area contributed by atoms with Gasteiger partial charge in [-0.05, 0) is 56.8 Å². The number of pyridine rings is 1. The number of hydrogen-bond donors (Lipinski definition) is 0. The SMILES string of the molecule is Brc1cncc(Br)c1N1CCC[C@H]1COc1ccccc1. The molecule has 0 radical (unpaired) electrons. The van der Waals surface area contributed by atoms with Gasteiger partial charge >= 0.3 is 0 Å². The Morgan fingerprint density at radius 2 is 1.86 bits per heavy atom. The van der Waals surface area contributed by atoms with Crippen LogP contribution in [-0.2, 0) is 0 Å². The van der Waals surface area contributed by atoms with Crippen LogP contribution in [0.4, 0.5) is 5.69 Å². The molecule has 1 aromatic heterocycles. The van der Waals surface area contributed by atoms with Gasteiger partial charge in [0.2, 0.25) is 0 Å². The topological polar surface area (TPSA) is 25.4 Å². The van der Waals surface area contributed by atoms with E-state index >= 15 is 0 Å². The minimum atomic E-state index is 0.389. The van der Waals surface area contributed by atoms with Gasteiger partial charge in [0.1, 0.15) is 12.4 Å². The highest BCUT2D eigenvalue weighted by molar-refractivity contribution is 9.11. The van der Waals surface area contributed by atoms with Crippen LogP contribution in [-0.4, -0.2) is 24.2 Å². The van der Waals surface area contributed by atoms with Gasteiger partial charge in [0.05, 0.1) is 20.7 Å². The Kier molecular flexibility index (Phi) is 4.80. The van der Waals surface area contributed by atoms with E-state index in [1.165, 1.54) is 12.1 Å². The summed E-state index contributed by atoms with van der Waals surface area (Å²) in [5.41, 5.74) is 1.17. The molecule has 1 saturated heterocycles. The number of ether oxygens (including phenoxy) is 1. The van der Waals surface area contributed by atoms with Crippen LogP contribution in [0.3, 0.4) is 0 Å². The monoisotopic (exact) mass is 410 g/mol. The fraction of sp³-hybridized carbons (Fsp3) is 0.312. The summed E-state index contributed by atoms with van der Waals surface area (Å²) < 4.78 is 7.97. The minimum absolute atomic E-state index is 0.389. The van der Waals surface area contributed by atoms with Crippen LogP contribution in [0, 0.1) is 0 Å². The van der Waals surface area contributed by atoms with Crippen LogP contribution >= 0.6 is 31.9 Å². The average molecular weight is 412 g/mol. The normalized spacial score (nSPS) is 18.0. The van der Waals surface area contributed by atoms with Crippen molar-refractivity contribution in [3.8, 4) is 5.75 Å². The van der Waals surface area contributed by atoms with Crippen molar-refractivity contribution in [3.05, 3.63) is 51.7 Å². The molecule has 2 aromatic rings. The van der Waals surface area contributed by atoms with Crippen LogP contribution < -0.4 is 9.64 Å². The van der Waals surface area contributed by atoms with Crippen molar-refractivity contribution in [2.45, 2.75) is 18.9 Å². The van der Waals surface area contributed by atoms with Crippen molar-refractivity contribution in [1.29, 1.82) is 0 Å². The van der Waals surface area contributed by atoms with E-state index in [4.69, 9.17) is 4.74 Å². The Hall–Kier alpha value is -1.07. The van der Waals surface area contributed by atoms with Gasteiger partial charge < -0.3 is 9.64 Å². The molecule has 3 nitrogen and oxygen atoms in total. The van der Waals surface area contributed by atoms with Gasteiger partial charge in [-0.25, -0.2) is 0 Å². The summed E-state index contributed by atoms with van der Waals surface area (Å²) in [5.74, 6) is 0.928. The second-order valence-corrected chi connectivity index (χ2v) is 6.77. The number of benzene rings is 1. The molecular formula is C16H16Br2N2O. The Balaban J connectivity index is 1.74. The van der Waals surface area contributed by atoms with E-state index in [1.807, 2.05) is 42.7 Å². The molecule has 0 bridgehead atoms. The zero-order chi connectivity index (χ0) is 14.7. The molecule has 110 valence electrons. The minimum Gasteiger partial charge on any atom is -0.491 e. The summed E-state index contributed by atoms with van der Waals surface area (Å²) in [4.78, 5) is 6.58. The maximum absolute atomic E-state index is 5.93. The Morgan fingerprint density at radius 3 is 2.57 bits per heavy atom. The van der Waals surface area contributed by atoms with E-state index in [-0.39, 0.29) is 0 Å². The summed E-state index contributed by atoms with van der Waals surface area (Å²) in [6, 6.07) is 10.4. The quantitative estimate of drug-likeness (QED) is 0.731. The lowest BCUT2D eigenvalue weighted by molar-refractivity contribution is 0.288. The summed E-state index contributed by atoms with van der Waals surface area (Å²) in [6.45, 7) is 1.75. The average Bonchev–Trinajstić information content (AvgIpc) is 2.94. The number of para-hydroxylation sites is 1. The summed E-state index contributed by atoms with van der Waals surface area (Å²) in [6.07, 6.45) is 6.01. The van der Waals surface area contributed by atoms with Gasteiger partial charge in [0.15, 0.2) is 0 Å². The number of nitrogens with zero attached hydrogens (tertiary/aromatic N) is 2. The van der Waals surface area contributed by atoms with E-state index in [2.05, 4.69) is 41.7 Å². The van der Waals surface area contributed by atoms with Crippen molar-refractivity contribution in [2.75, 3.05) is 18.1 Å². The molecule has 21 heavy (non-hydrogen) atoms.